The number of likely N-dealkylation sites (tertiary alicyclic amines) is 2. The molecule has 0 spiro atoms. The van der Waals surface area contributed by atoms with Gasteiger partial charge in [-0.05, 0) is 127 Å². The van der Waals surface area contributed by atoms with Gasteiger partial charge in [0.2, 0.25) is 11.8 Å². The minimum Gasteiger partial charge on any atom is -0.471 e. The molecule has 3 aromatic heterocycles. The summed E-state index contributed by atoms with van der Waals surface area (Å²) >= 11 is 5.63. The van der Waals surface area contributed by atoms with Crippen molar-refractivity contribution in [3.63, 3.8) is 0 Å². The third-order valence-electron chi connectivity index (χ3n) is 14.4. The highest BCUT2D eigenvalue weighted by Gasteiger charge is 2.46. The van der Waals surface area contributed by atoms with Crippen molar-refractivity contribution >= 4 is 87.2 Å². The number of nitrogens with one attached hydrogen (secondary N) is 1. The standard InChI is InChI=1S/C23H25F4N3O6.C18H17F4N3O4.C12H7ClF4N2O.C11H19NO5.C7H4.ClH/c1-6-23(26,27)17-18(29-15-9-12(35-20(24)25)7-8-14(15)28-17)34-13-10-16(19(31)33-5)30(11-13)21(32)36-22(2,3)4;1-3-18(21,22)14-15(28-10-7-13(23-8-10)16(26)27-2)25-12-6-9(29-17(19)20)4-5-11(12)24-14;1-2-12(16,17)9-10(13)19-8-5-6(20-11(14)15)3-4-7(8)18-9;1-11(2,3)17-10(15)12-6-7(13)5-8(12)9(14)16-4;1-3-5-7-6-4-2;/h6-9,13,16,20H,1,10-11H2,2-5H3;3-6,10,13,17,23H,1,7-8H2,2H3;2-5,11H,1H2;7-8,13H,5-6H2,1-4H3;1H,2H3;1H/t13-,16+;10-,13+;;7-,8+;;/m11.1../s1. The van der Waals surface area contributed by atoms with Crippen molar-refractivity contribution in [3.8, 4) is 65.0 Å². The van der Waals surface area contributed by atoms with Gasteiger partial charge in [0, 0.05) is 44.0 Å². The molecule has 596 valence electrons. The molecule has 2 amide bonds. The number of rotatable bonds is 19. The number of carbonyl (C=O) groups excluding carboxylic acids is 5. The highest BCUT2D eigenvalue weighted by atomic mass is 35.5. The van der Waals surface area contributed by atoms with E-state index in [1.54, 1.807) is 48.5 Å². The van der Waals surface area contributed by atoms with Gasteiger partial charge < -0.3 is 57.8 Å². The molecule has 6 heterocycles. The molecule has 3 aliphatic rings. The first-order chi connectivity index (χ1) is 51.0. The number of fused-ring (bicyclic) bond motifs is 3. The zero-order valence-electron chi connectivity index (χ0n) is 60.0. The van der Waals surface area contributed by atoms with E-state index < -0.39 is 149 Å². The summed E-state index contributed by atoms with van der Waals surface area (Å²) in [6.07, 6.45) is 2.37. The number of benzene rings is 3. The van der Waals surface area contributed by atoms with E-state index in [1.165, 1.54) is 49.5 Å². The number of carbonyl (C=O) groups is 5. The maximum atomic E-state index is 14.7. The molecule has 110 heavy (non-hydrogen) atoms. The van der Waals surface area contributed by atoms with E-state index in [2.05, 4.69) is 108 Å². The predicted molar refractivity (Wildman–Crippen MR) is 373 cm³/mol. The molecule has 6 atom stereocenters. The van der Waals surface area contributed by atoms with Crippen molar-refractivity contribution < 1.29 is 129 Å². The van der Waals surface area contributed by atoms with Crippen LogP contribution in [0, 0.1) is 36.0 Å². The second kappa shape index (κ2) is 40.0. The Morgan fingerprint density at radius 2 is 0.936 bits per heavy atom. The van der Waals surface area contributed by atoms with Crippen LogP contribution in [-0.4, -0.2) is 183 Å². The number of ether oxygens (including phenoxy) is 10. The van der Waals surface area contributed by atoms with Crippen molar-refractivity contribution in [2.75, 3.05) is 41.0 Å². The smallest absolute Gasteiger partial charge is 0.411 e. The molecule has 39 heteroatoms. The normalized spacial score (nSPS) is 17.3. The fourth-order valence-corrected chi connectivity index (χ4v) is 9.96. The number of aliphatic hydroxyl groups excluding tert-OH is 1. The van der Waals surface area contributed by atoms with Crippen LogP contribution in [0.1, 0.15) is 84.8 Å². The fourth-order valence-electron chi connectivity index (χ4n) is 9.70. The summed E-state index contributed by atoms with van der Waals surface area (Å²) in [5, 5.41) is 11.8. The maximum absolute atomic E-state index is 14.7. The Morgan fingerprint density at radius 3 is 1.32 bits per heavy atom. The van der Waals surface area contributed by atoms with Crippen molar-refractivity contribution in [2.45, 2.75) is 153 Å². The number of amides is 2. The highest BCUT2D eigenvalue weighted by molar-refractivity contribution is 6.30. The van der Waals surface area contributed by atoms with Crippen LogP contribution in [0.3, 0.4) is 0 Å². The van der Waals surface area contributed by atoms with E-state index in [4.69, 9.17) is 41.7 Å². The molecule has 3 saturated heterocycles. The third-order valence-corrected chi connectivity index (χ3v) is 14.7. The second-order valence-electron chi connectivity index (χ2n) is 24.6. The van der Waals surface area contributed by atoms with Gasteiger partial charge >= 0.3 is 67.7 Å². The number of hydrogen-bond acceptors (Lipinski definition) is 23. The molecule has 9 rings (SSSR count). The summed E-state index contributed by atoms with van der Waals surface area (Å²) in [7, 11) is 3.62. The molecule has 6 aromatic rings. The summed E-state index contributed by atoms with van der Waals surface area (Å²) in [6, 6.07) is 8.00. The Hall–Kier alpha value is -10.8. The fraction of sp³-hybridized carbons (Fsp3) is 0.423. The average Bonchev–Trinajstić information content (AvgIpc) is 0.960. The van der Waals surface area contributed by atoms with Gasteiger partial charge in [-0.15, -0.1) is 18.8 Å². The molecule has 0 unspecified atom stereocenters. The molecular formula is C71H73Cl2F12N9O16. The molecule has 3 aromatic carbocycles. The number of methoxy groups -OCH3 is 3. The zero-order valence-corrected chi connectivity index (χ0v) is 61.6. The summed E-state index contributed by atoms with van der Waals surface area (Å²) in [6.45, 7) is 12.0. The van der Waals surface area contributed by atoms with Crippen LogP contribution in [0.5, 0.6) is 29.0 Å². The van der Waals surface area contributed by atoms with Crippen molar-refractivity contribution in [3.05, 3.63) is 115 Å². The quantitative estimate of drug-likeness (QED) is 0.0250. The van der Waals surface area contributed by atoms with Crippen LogP contribution in [0.15, 0.2) is 92.6 Å². The van der Waals surface area contributed by atoms with Gasteiger partial charge in [-0.1, -0.05) is 37.3 Å². The lowest BCUT2D eigenvalue weighted by Gasteiger charge is -2.27. The van der Waals surface area contributed by atoms with Crippen LogP contribution in [0.2, 0.25) is 5.15 Å². The monoisotopic (exact) mass is 1610 g/mol. The number of allylic oxidation sites excluding steroid dienone is 3. The van der Waals surface area contributed by atoms with Gasteiger partial charge in [-0.3, -0.25) is 14.6 Å². The van der Waals surface area contributed by atoms with Crippen LogP contribution in [0.25, 0.3) is 33.1 Å². The Morgan fingerprint density at radius 1 is 0.555 bits per heavy atom. The van der Waals surface area contributed by atoms with E-state index >= 15 is 0 Å². The van der Waals surface area contributed by atoms with Crippen LogP contribution >= 0.6 is 24.0 Å². The Kier molecular flexibility index (Phi) is 33.3. The minimum absolute atomic E-state index is 0. The van der Waals surface area contributed by atoms with E-state index in [0.717, 1.165) is 36.3 Å². The third kappa shape index (κ3) is 26.5. The first kappa shape index (κ1) is 91.6. The van der Waals surface area contributed by atoms with Crippen molar-refractivity contribution in [2.24, 2.45) is 0 Å². The number of nitrogens with zero attached hydrogens (tertiary/aromatic N) is 8. The van der Waals surface area contributed by atoms with Gasteiger partial charge in [0.1, 0.15) is 58.8 Å². The Labute approximate surface area is 632 Å². The minimum atomic E-state index is -3.67. The average molecular weight is 1610 g/mol. The van der Waals surface area contributed by atoms with Gasteiger partial charge in [-0.25, -0.2) is 49.1 Å². The molecule has 2 N–H and O–H groups in total. The zero-order chi connectivity index (χ0) is 81.7. The first-order valence-electron chi connectivity index (χ1n) is 31.8. The molecule has 0 bridgehead atoms. The van der Waals surface area contributed by atoms with E-state index in [-0.39, 0.29) is 102 Å². The lowest BCUT2D eigenvalue weighted by molar-refractivity contribution is -0.146. The summed E-state index contributed by atoms with van der Waals surface area (Å²) in [4.78, 5) is 85.4. The molecule has 3 aliphatic heterocycles. The Bertz CT molecular complexity index is 4450. The van der Waals surface area contributed by atoms with Crippen LogP contribution in [0.4, 0.5) is 62.3 Å². The maximum Gasteiger partial charge on any atom is 0.411 e. The molecule has 0 aliphatic carbocycles. The largest absolute Gasteiger partial charge is 0.471 e. The summed E-state index contributed by atoms with van der Waals surface area (Å²) < 4.78 is 208. The topological polar surface area (TPSA) is 294 Å². The predicted octanol–water partition coefficient (Wildman–Crippen LogP) is 13.0. The number of hydrogen-bond donors (Lipinski definition) is 2. The van der Waals surface area contributed by atoms with Gasteiger partial charge in [0.25, 0.3) is 0 Å². The molecule has 3 fully saturated rings. The van der Waals surface area contributed by atoms with E-state index in [0.29, 0.717) is 18.2 Å². The van der Waals surface area contributed by atoms with Crippen LogP contribution < -0.4 is 29.0 Å². The SMILES string of the molecule is C#CC#CC#CC.C=CC(F)(F)c1nc2ccc(OC(F)F)cc2nc1Cl.C=CC(F)(F)c1nc2ccc(OC(F)F)cc2nc1O[C@@H]1C[C@@H](C(=O)OC)N(C(=O)OC(C)(C)C)C1.C=CC(F)(F)c1nc2ccc(OC(F)F)cc2nc1O[C@H]1CN[C@H](C(=O)OC)C1.COC(=O)[C@@H]1C[C@@H](O)CN1C(=O)OC(C)(C)C.Cl. The molecule has 25 nitrogen and oxygen atoms in total. The number of esters is 3. The van der Waals surface area contributed by atoms with Crippen molar-refractivity contribution in [1.29, 1.82) is 0 Å². The molecule has 0 saturated carbocycles. The van der Waals surface area contributed by atoms with Gasteiger partial charge in [0.05, 0.1) is 73.6 Å². The highest BCUT2D eigenvalue weighted by Crippen LogP contribution is 2.40. The number of β-amino-alcohol motifs (C(OH)–C–C–N with tert-alkyl or cyclic N) is 1. The van der Waals surface area contributed by atoms with Crippen LogP contribution in [-0.2, 0) is 55.8 Å². The first-order valence-corrected chi connectivity index (χ1v) is 32.2. The summed E-state index contributed by atoms with van der Waals surface area (Å²) in [5.41, 5.74) is -3.78. The lowest BCUT2D eigenvalue weighted by Crippen LogP contribution is -2.44. The van der Waals surface area contributed by atoms with Crippen molar-refractivity contribution in [1.82, 2.24) is 45.0 Å². The number of aliphatic hydroxyl groups is 1. The Balaban J connectivity index is 0.000000310. The second-order valence-corrected chi connectivity index (χ2v) is 25.0. The van der Waals surface area contributed by atoms with Gasteiger partial charge in [0.15, 0.2) is 22.2 Å². The van der Waals surface area contributed by atoms with Gasteiger partial charge in [-0.2, -0.15) is 52.7 Å². The summed E-state index contributed by atoms with van der Waals surface area (Å²) in [5.74, 6) is -2.18. The molecular weight excluding hydrogens is 1530 g/mol. The van der Waals surface area contributed by atoms with E-state index in [1.807, 2.05) is 0 Å². The number of alkyl halides is 12. The number of halogens is 14. The molecule has 0 radical (unpaired) electrons. The number of terminal acetylenes is 1. The lowest BCUT2D eigenvalue weighted by atomic mass is 10.2. The number of aromatic nitrogens is 6. The van der Waals surface area contributed by atoms with E-state index in [9.17, 15) is 81.8 Å².